The van der Waals surface area contributed by atoms with Crippen LogP contribution in [0.2, 0.25) is 0 Å². The Morgan fingerprint density at radius 1 is 1.39 bits per heavy atom. The number of carboxylic acid groups (broad SMARTS) is 1. The Labute approximate surface area is 103 Å². The number of benzene rings is 1. The Bertz CT molecular complexity index is 486. The van der Waals surface area contributed by atoms with Crippen molar-refractivity contribution in [2.45, 2.75) is 12.5 Å². The summed E-state index contributed by atoms with van der Waals surface area (Å²) in [7, 11) is 0. The molecule has 6 nitrogen and oxygen atoms in total. The van der Waals surface area contributed by atoms with E-state index in [0.717, 1.165) is 0 Å². The number of hydrogen-bond acceptors (Lipinski definition) is 5. The van der Waals surface area contributed by atoms with E-state index in [1.54, 1.807) is 12.1 Å². The smallest absolute Gasteiger partial charge is 0.320 e. The van der Waals surface area contributed by atoms with E-state index in [1.807, 2.05) is 0 Å². The van der Waals surface area contributed by atoms with E-state index in [0.29, 0.717) is 42.1 Å². The third-order valence-electron chi connectivity index (χ3n) is 2.68. The summed E-state index contributed by atoms with van der Waals surface area (Å²) in [6.45, 7) is 0.729. The highest BCUT2D eigenvalue weighted by Gasteiger charge is 2.22. The SMILES string of the molecule is NC(Cc1ccc(C=O)c2c1OCCO2)C(=O)O. The number of carboxylic acids is 1. The molecule has 0 aliphatic carbocycles. The van der Waals surface area contributed by atoms with E-state index in [-0.39, 0.29) is 6.42 Å². The molecular weight excluding hydrogens is 238 g/mol. The van der Waals surface area contributed by atoms with Crippen LogP contribution < -0.4 is 15.2 Å². The van der Waals surface area contributed by atoms with Crippen LogP contribution in [0.5, 0.6) is 11.5 Å². The highest BCUT2D eigenvalue weighted by Crippen LogP contribution is 2.37. The molecule has 1 atom stereocenters. The van der Waals surface area contributed by atoms with Crippen molar-refractivity contribution in [3.8, 4) is 11.5 Å². The molecule has 0 bridgehead atoms. The molecule has 1 aliphatic heterocycles. The molecule has 1 unspecified atom stereocenters. The van der Waals surface area contributed by atoms with E-state index in [1.165, 1.54) is 0 Å². The Balaban J connectivity index is 2.37. The minimum atomic E-state index is -1.08. The second-order valence-electron chi connectivity index (χ2n) is 3.94. The van der Waals surface area contributed by atoms with Crippen LogP contribution in [0.25, 0.3) is 0 Å². The lowest BCUT2D eigenvalue weighted by molar-refractivity contribution is -0.138. The molecule has 96 valence electrons. The zero-order chi connectivity index (χ0) is 13.1. The zero-order valence-corrected chi connectivity index (χ0v) is 9.59. The summed E-state index contributed by atoms with van der Waals surface area (Å²) in [4.78, 5) is 21.6. The lowest BCUT2D eigenvalue weighted by Gasteiger charge is -2.22. The van der Waals surface area contributed by atoms with Gasteiger partial charge < -0.3 is 20.3 Å². The second kappa shape index (κ2) is 5.05. The van der Waals surface area contributed by atoms with Gasteiger partial charge in [-0.05, 0) is 6.07 Å². The van der Waals surface area contributed by atoms with Crippen molar-refractivity contribution in [2.24, 2.45) is 5.73 Å². The summed E-state index contributed by atoms with van der Waals surface area (Å²) in [5, 5.41) is 8.79. The summed E-state index contributed by atoms with van der Waals surface area (Å²) >= 11 is 0. The number of aldehydes is 1. The van der Waals surface area contributed by atoms with Crippen LogP contribution in [-0.4, -0.2) is 36.6 Å². The van der Waals surface area contributed by atoms with Crippen LogP contribution in [0.1, 0.15) is 15.9 Å². The van der Waals surface area contributed by atoms with Gasteiger partial charge in [-0.1, -0.05) is 6.07 Å². The topological polar surface area (TPSA) is 98.9 Å². The summed E-state index contributed by atoms with van der Waals surface area (Å²) in [6.07, 6.45) is 0.800. The maximum atomic E-state index is 10.9. The first-order valence-corrected chi connectivity index (χ1v) is 5.48. The molecule has 0 radical (unpaired) electrons. The number of carbonyl (C=O) groups excluding carboxylic acids is 1. The Morgan fingerprint density at radius 2 is 2.06 bits per heavy atom. The van der Waals surface area contributed by atoms with Gasteiger partial charge in [0.15, 0.2) is 17.8 Å². The fourth-order valence-corrected chi connectivity index (χ4v) is 1.79. The highest BCUT2D eigenvalue weighted by atomic mass is 16.6. The van der Waals surface area contributed by atoms with E-state index < -0.39 is 12.0 Å². The monoisotopic (exact) mass is 251 g/mol. The quantitative estimate of drug-likeness (QED) is 0.743. The summed E-state index contributed by atoms with van der Waals surface area (Å²) in [5.74, 6) is -0.297. The van der Waals surface area contributed by atoms with Crippen LogP contribution in [0.3, 0.4) is 0 Å². The predicted molar refractivity (Wildman–Crippen MR) is 62.1 cm³/mol. The molecule has 0 fully saturated rings. The van der Waals surface area contributed by atoms with E-state index >= 15 is 0 Å². The lowest BCUT2D eigenvalue weighted by Crippen LogP contribution is -2.32. The molecule has 0 aromatic heterocycles. The summed E-state index contributed by atoms with van der Waals surface area (Å²) in [5.41, 5.74) is 6.50. The van der Waals surface area contributed by atoms with Crippen molar-refractivity contribution >= 4 is 12.3 Å². The molecule has 18 heavy (non-hydrogen) atoms. The van der Waals surface area contributed by atoms with Gasteiger partial charge in [-0.15, -0.1) is 0 Å². The normalized spacial score (nSPS) is 14.9. The first-order valence-electron chi connectivity index (χ1n) is 5.48. The first-order chi connectivity index (χ1) is 8.63. The lowest BCUT2D eigenvalue weighted by atomic mass is 10.0. The molecule has 0 saturated carbocycles. The average Bonchev–Trinajstić information content (AvgIpc) is 2.39. The number of fused-ring (bicyclic) bond motifs is 1. The van der Waals surface area contributed by atoms with Crippen molar-refractivity contribution in [2.75, 3.05) is 13.2 Å². The van der Waals surface area contributed by atoms with E-state index in [4.69, 9.17) is 20.3 Å². The third kappa shape index (κ3) is 2.28. The Hall–Kier alpha value is -2.08. The summed E-state index contributed by atoms with van der Waals surface area (Å²) in [6, 6.07) is 2.20. The largest absolute Gasteiger partial charge is 0.486 e. The number of carbonyl (C=O) groups is 2. The standard InChI is InChI=1S/C12H13NO5/c13-9(12(15)16)5-7-1-2-8(6-14)11-10(7)17-3-4-18-11/h1-2,6,9H,3-5,13H2,(H,15,16). The van der Waals surface area contributed by atoms with Crippen LogP contribution in [0, 0.1) is 0 Å². The number of nitrogens with two attached hydrogens (primary N) is 1. The maximum Gasteiger partial charge on any atom is 0.320 e. The minimum Gasteiger partial charge on any atom is -0.486 e. The van der Waals surface area contributed by atoms with Crippen molar-refractivity contribution in [3.05, 3.63) is 23.3 Å². The van der Waals surface area contributed by atoms with Gasteiger partial charge >= 0.3 is 5.97 Å². The van der Waals surface area contributed by atoms with Crippen LogP contribution in [0.15, 0.2) is 12.1 Å². The van der Waals surface area contributed by atoms with Gasteiger partial charge in [-0.2, -0.15) is 0 Å². The molecular formula is C12H13NO5. The van der Waals surface area contributed by atoms with Crippen molar-refractivity contribution in [1.82, 2.24) is 0 Å². The molecule has 0 saturated heterocycles. The average molecular weight is 251 g/mol. The first kappa shape index (κ1) is 12.4. The molecule has 0 amide bonds. The number of rotatable bonds is 4. The van der Waals surface area contributed by atoms with E-state index in [2.05, 4.69) is 0 Å². The van der Waals surface area contributed by atoms with E-state index in [9.17, 15) is 9.59 Å². The van der Waals surface area contributed by atoms with Crippen molar-refractivity contribution in [1.29, 1.82) is 0 Å². The van der Waals surface area contributed by atoms with Crippen molar-refractivity contribution < 1.29 is 24.2 Å². The molecule has 1 aromatic carbocycles. The van der Waals surface area contributed by atoms with Crippen molar-refractivity contribution in [3.63, 3.8) is 0 Å². The molecule has 2 rings (SSSR count). The van der Waals surface area contributed by atoms with Crippen LogP contribution in [-0.2, 0) is 11.2 Å². The summed E-state index contributed by atoms with van der Waals surface area (Å²) < 4.78 is 10.8. The molecule has 1 heterocycles. The van der Waals surface area contributed by atoms with Gasteiger partial charge in [0.1, 0.15) is 19.3 Å². The third-order valence-corrected chi connectivity index (χ3v) is 2.68. The van der Waals surface area contributed by atoms with Gasteiger partial charge in [0, 0.05) is 12.0 Å². The number of aliphatic carboxylic acids is 1. The van der Waals surface area contributed by atoms with Crippen LogP contribution in [0.4, 0.5) is 0 Å². The second-order valence-corrected chi connectivity index (χ2v) is 3.94. The zero-order valence-electron chi connectivity index (χ0n) is 9.59. The molecule has 0 spiro atoms. The molecule has 6 heteroatoms. The Kier molecular flexibility index (Phi) is 3.47. The van der Waals surface area contributed by atoms with Gasteiger partial charge in [-0.25, -0.2) is 0 Å². The number of hydrogen-bond donors (Lipinski definition) is 2. The van der Waals surface area contributed by atoms with Gasteiger partial charge in [0.25, 0.3) is 0 Å². The minimum absolute atomic E-state index is 0.125. The Morgan fingerprint density at radius 3 is 2.67 bits per heavy atom. The van der Waals surface area contributed by atoms with Gasteiger partial charge in [-0.3, -0.25) is 9.59 Å². The predicted octanol–water partition coefficient (Wildman–Crippen LogP) is 0.225. The molecule has 3 N–H and O–H groups in total. The fraction of sp³-hybridized carbons (Fsp3) is 0.333. The fourth-order valence-electron chi connectivity index (χ4n) is 1.79. The number of ether oxygens (including phenoxy) is 2. The maximum absolute atomic E-state index is 10.9. The van der Waals surface area contributed by atoms with Gasteiger partial charge in [0.2, 0.25) is 0 Å². The molecule has 1 aliphatic rings. The van der Waals surface area contributed by atoms with Crippen LogP contribution >= 0.6 is 0 Å². The van der Waals surface area contributed by atoms with Gasteiger partial charge in [0.05, 0.1) is 5.56 Å². The molecule has 1 aromatic rings. The highest BCUT2D eigenvalue weighted by molar-refractivity contribution is 5.82.